The summed E-state index contributed by atoms with van der Waals surface area (Å²) in [7, 11) is -2.51. The summed E-state index contributed by atoms with van der Waals surface area (Å²) < 4.78 is 71.0. The first kappa shape index (κ1) is 23.1. The van der Waals surface area contributed by atoms with Gasteiger partial charge in [0.15, 0.2) is 0 Å². The summed E-state index contributed by atoms with van der Waals surface area (Å²) in [5, 5.41) is 2.48. The summed E-state index contributed by atoms with van der Waals surface area (Å²) in [6, 6.07) is 14.2. The number of rotatable bonds is 6. The van der Waals surface area contributed by atoms with Crippen molar-refractivity contribution in [3.05, 3.63) is 83.4 Å². The number of benzene rings is 3. The molecule has 3 rings (SSSR count). The normalized spacial score (nSPS) is 11.7. The Labute approximate surface area is 183 Å². The Bertz CT molecular complexity index is 1220. The summed E-state index contributed by atoms with van der Waals surface area (Å²) in [4.78, 5) is 12.5. The topological polar surface area (TPSA) is 84.5 Å². The van der Waals surface area contributed by atoms with Crippen LogP contribution in [0.1, 0.15) is 21.5 Å². The van der Waals surface area contributed by atoms with Crippen molar-refractivity contribution in [2.45, 2.75) is 18.0 Å². The van der Waals surface area contributed by atoms with E-state index in [1.54, 1.807) is 19.1 Å². The van der Waals surface area contributed by atoms with Crippen LogP contribution in [0.5, 0.6) is 5.75 Å². The molecule has 0 aliphatic heterocycles. The zero-order chi connectivity index (χ0) is 23.5. The van der Waals surface area contributed by atoms with Gasteiger partial charge in [0.2, 0.25) is 0 Å². The van der Waals surface area contributed by atoms with Gasteiger partial charge in [-0.15, -0.1) is 0 Å². The van der Waals surface area contributed by atoms with Crippen LogP contribution in [0.15, 0.2) is 71.6 Å². The number of ether oxygens (including phenoxy) is 1. The van der Waals surface area contributed by atoms with Gasteiger partial charge in [-0.3, -0.25) is 9.52 Å². The number of sulfonamides is 1. The van der Waals surface area contributed by atoms with Crippen LogP contribution in [0.3, 0.4) is 0 Å². The maximum absolute atomic E-state index is 12.8. The van der Waals surface area contributed by atoms with E-state index in [1.807, 2.05) is 0 Å². The fourth-order valence-corrected chi connectivity index (χ4v) is 3.91. The molecule has 0 aliphatic carbocycles. The molecule has 6 nitrogen and oxygen atoms in total. The molecule has 3 aromatic carbocycles. The van der Waals surface area contributed by atoms with Crippen LogP contribution in [-0.2, 0) is 16.2 Å². The van der Waals surface area contributed by atoms with E-state index in [0.29, 0.717) is 17.0 Å². The number of amides is 1. The van der Waals surface area contributed by atoms with E-state index in [1.165, 1.54) is 37.4 Å². The second-order valence-electron chi connectivity index (χ2n) is 6.84. The van der Waals surface area contributed by atoms with Gasteiger partial charge in [-0.2, -0.15) is 13.2 Å². The molecule has 0 atom stereocenters. The van der Waals surface area contributed by atoms with Gasteiger partial charge in [0.25, 0.3) is 15.9 Å². The Kier molecular flexibility index (Phi) is 6.45. The van der Waals surface area contributed by atoms with Gasteiger partial charge in [-0.25, -0.2) is 8.42 Å². The van der Waals surface area contributed by atoms with Crippen molar-refractivity contribution in [1.29, 1.82) is 0 Å². The molecule has 10 heteroatoms. The summed E-state index contributed by atoms with van der Waals surface area (Å²) >= 11 is 0. The molecular weight excluding hydrogens is 445 g/mol. The minimum absolute atomic E-state index is 0.0718. The van der Waals surface area contributed by atoms with Gasteiger partial charge in [0, 0.05) is 16.9 Å². The Hall–Kier alpha value is -3.53. The first-order chi connectivity index (χ1) is 15.0. The number of hydrogen-bond donors (Lipinski definition) is 2. The molecule has 2 N–H and O–H groups in total. The first-order valence-corrected chi connectivity index (χ1v) is 10.7. The fraction of sp³-hybridized carbons (Fsp3) is 0.136. The molecule has 0 heterocycles. The Morgan fingerprint density at radius 3 is 2.06 bits per heavy atom. The fourth-order valence-electron chi connectivity index (χ4n) is 2.83. The van der Waals surface area contributed by atoms with Crippen LogP contribution in [0, 0.1) is 6.92 Å². The van der Waals surface area contributed by atoms with Crippen molar-refractivity contribution in [3.8, 4) is 5.75 Å². The smallest absolute Gasteiger partial charge is 0.416 e. The lowest BCUT2D eigenvalue weighted by Gasteiger charge is -2.13. The second-order valence-corrected chi connectivity index (χ2v) is 8.52. The number of alkyl halides is 3. The van der Waals surface area contributed by atoms with E-state index in [9.17, 15) is 26.4 Å². The van der Waals surface area contributed by atoms with E-state index < -0.39 is 27.7 Å². The number of nitrogens with one attached hydrogen (secondary N) is 2. The monoisotopic (exact) mass is 464 g/mol. The van der Waals surface area contributed by atoms with Gasteiger partial charge in [0.05, 0.1) is 17.6 Å². The molecule has 0 fully saturated rings. The third kappa shape index (κ3) is 5.38. The average molecular weight is 464 g/mol. The second kappa shape index (κ2) is 8.91. The number of hydrogen-bond acceptors (Lipinski definition) is 4. The largest absolute Gasteiger partial charge is 0.497 e. The standard InChI is InChI=1S/C22H19F3N2O4S/c1-14-3-12-19(32(29,30)27-17-8-10-18(31-2)11-9-17)13-20(14)21(28)26-16-6-4-15(5-7-16)22(23,24)25/h3-13,27H,1-2H3,(H,26,28). The molecule has 0 radical (unpaired) electrons. The minimum atomic E-state index is -4.49. The molecule has 0 aliphatic rings. The van der Waals surface area contributed by atoms with Crippen LogP contribution in [0.25, 0.3) is 0 Å². The van der Waals surface area contributed by atoms with E-state index in [0.717, 1.165) is 24.3 Å². The molecule has 168 valence electrons. The van der Waals surface area contributed by atoms with Crippen molar-refractivity contribution in [1.82, 2.24) is 0 Å². The number of carbonyl (C=O) groups is 1. The van der Waals surface area contributed by atoms with Crippen molar-refractivity contribution >= 4 is 27.3 Å². The van der Waals surface area contributed by atoms with Crippen molar-refractivity contribution < 1.29 is 31.1 Å². The van der Waals surface area contributed by atoms with E-state index in [2.05, 4.69) is 10.0 Å². The molecule has 1 amide bonds. The third-order valence-corrected chi connectivity index (χ3v) is 5.96. The molecule has 0 saturated carbocycles. The van der Waals surface area contributed by atoms with E-state index in [-0.39, 0.29) is 16.1 Å². The predicted molar refractivity (Wildman–Crippen MR) is 114 cm³/mol. The van der Waals surface area contributed by atoms with Gasteiger partial charge in [-0.05, 0) is 73.2 Å². The number of methoxy groups -OCH3 is 1. The summed E-state index contributed by atoms with van der Waals surface area (Å²) in [6.07, 6.45) is -4.49. The Morgan fingerprint density at radius 1 is 0.906 bits per heavy atom. The lowest BCUT2D eigenvalue weighted by atomic mass is 10.1. The third-order valence-electron chi connectivity index (χ3n) is 4.58. The van der Waals surface area contributed by atoms with E-state index in [4.69, 9.17) is 4.74 Å². The van der Waals surface area contributed by atoms with Crippen molar-refractivity contribution in [2.24, 2.45) is 0 Å². The number of aryl methyl sites for hydroxylation is 1. The van der Waals surface area contributed by atoms with Crippen LogP contribution in [0.2, 0.25) is 0 Å². The maximum atomic E-state index is 12.8. The van der Waals surface area contributed by atoms with Crippen molar-refractivity contribution in [2.75, 3.05) is 17.1 Å². The Balaban J connectivity index is 1.81. The molecule has 0 aromatic heterocycles. The quantitative estimate of drug-likeness (QED) is 0.533. The summed E-state index contributed by atoms with van der Waals surface area (Å²) in [6.45, 7) is 1.62. The average Bonchev–Trinajstić information content (AvgIpc) is 2.74. The zero-order valence-electron chi connectivity index (χ0n) is 17.0. The van der Waals surface area contributed by atoms with Gasteiger partial charge < -0.3 is 10.1 Å². The van der Waals surface area contributed by atoms with E-state index >= 15 is 0 Å². The molecule has 0 bridgehead atoms. The Morgan fingerprint density at radius 2 is 1.50 bits per heavy atom. The maximum Gasteiger partial charge on any atom is 0.416 e. The highest BCUT2D eigenvalue weighted by atomic mass is 32.2. The zero-order valence-corrected chi connectivity index (χ0v) is 17.8. The first-order valence-electron chi connectivity index (χ1n) is 9.26. The highest BCUT2D eigenvalue weighted by Crippen LogP contribution is 2.30. The summed E-state index contributed by atoms with van der Waals surface area (Å²) in [5.41, 5.74) is 0.179. The highest BCUT2D eigenvalue weighted by Gasteiger charge is 2.30. The molecule has 32 heavy (non-hydrogen) atoms. The predicted octanol–water partition coefficient (Wildman–Crippen LogP) is 5.08. The SMILES string of the molecule is COc1ccc(NS(=O)(=O)c2ccc(C)c(C(=O)Nc3ccc(C(F)(F)F)cc3)c2)cc1. The lowest BCUT2D eigenvalue weighted by Crippen LogP contribution is -2.17. The minimum Gasteiger partial charge on any atom is -0.497 e. The highest BCUT2D eigenvalue weighted by molar-refractivity contribution is 7.92. The van der Waals surface area contributed by atoms with Gasteiger partial charge in [0.1, 0.15) is 5.75 Å². The van der Waals surface area contributed by atoms with Crippen LogP contribution in [-0.4, -0.2) is 21.4 Å². The summed E-state index contributed by atoms with van der Waals surface area (Å²) in [5.74, 6) is -0.0886. The lowest BCUT2D eigenvalue weighted by molar-refractivity contribution is -0.137. The van der Waals surface area contributed by atoms with Gasteiger partial charge in [-0.1, -0.05) is 6.07 Å². The molecular formula is C22H19F3N2O4S. The molecule has 0 spiro atoms. The van der Waals surface area contributed by atoms with Crippen LogP contribution >= 0.6 is 0 Å². The number of halogens is 3. The van der Waals surface area contributed by atoms with Crippen molar-refractivity contribution in [3.63, 3.8) is 0 Å². The van der Waals surface area contributed by atoms with Crippen LogP contribution < -0.4 is 14.8 Å². The molecule has 0 saturated heterocycles. The molecule has 3 aromatic rings. The van der Waals surface area contributed by atoms with Gasteiger partial charge >= 0.3 is 6.18 Å². The molecule has 0 unspecified atom stereocenters. The number of anilines is 2. The van der Waals surface area contributed by atoms with Crippen LogP contribution in [0.4, 0.5) is 24.5 Å². The number of carbonyl (C=O) groups excluding carboxylic acids is 1.